The first-order valence-electron chi connectivity index (χ1n) is 11.8. The maximum Gasteiger partial charge on any atom is 0.257 e. The Bertz CT molecular complexity index is 1020. The van der Waals surface area contributed by atoms with Gasteiger partial charge < -0.3 is 19.3 Å². The second-order valence-electron chi connectivity index (χ2n) is 8.32. The van der Waals surface area contributed by atoms with Crippen LogP contribution in [0.5, 0.6) is 0 Å². The molecule has 0 radical (unpaired) electrons. The molecular weight excluding hydrogens is 472 g/mol. The number of hydrogen-bond acceptors (Lipinski definition) is 6. The highest BCUT2D eigenvalue weighted by Crippen LogP contribution is 2.54. The zero-order valence-corrected chi connectivity index (χ0v) is 21.9. The van der Waals surface area contributed by atoms with E-state index in [4.69, 9.17) is 0 Å². The van der Waals surface area contributed by atoms with E-state index < -0.39 is 28.1 Å². The van der Waals surface area contributed by atoms with Crippen LogP contribution in [0, 0.1) is 5.41 Å². The second-order valence-corrected chi connectivity index (χ2v) is 10.2. The molecule has 7 nitrogen and oxygen atoms in total. The smallest absolute Gasteiger partial charge is 0.257 e. The van der Waals surface area contributed by atoms with Gasteiger partial charge >= 0.3 is 0 Å². The summed E-state index contributed by atoms with van der Waals surface area (Å²) in [4.78, 5) is 15.2. The summed E-state index contributed by atoms with van der Waals surface area (Å²) in [5, 5.41) is 2.72. The van der Waals surface area contributed by atoms with Crippen molar-refractivity contribution in [2.75, 3.05) is 23.3 Å². The number of anilines is 2. The minimum absolute atomic E-state index is 0. The van der Waals surface area contributed by atoms with Crippen LogP contribution in [0.1, 0.15) is 71.6 Å². The van der Waals surface area contributed by atoms with Crippen molar-refractivity contribution >= 4 is 39.4 Å². The molecule has 34 heavy (non-hydrogen) atoms. The predicted molar refractivity (Wildman–Crippen MR) is 138 cm³/mol. The van der Waals surface area contributed by atoms with E-state index in [0.717, 1.165) is 25.9 Å². The van der Waals surface area contributed by atoms with Gasteiger partial charge in [-0.2, -0.15) is 0 Å². The van der Waals surface area contributed by atoms with E-state index >= 15 is 0 Å². The summed E-state index contributed by atoms with van der Waals surface area (Å²) in [5.74, 6) is -0.413. The predicted octanol–water partition coefficient (Wildman–Crippen LogP) is 5.48. The van der Waals surface area contributed by atoms with E-state index in [1.54, 1.807) is 12.1 Å². The normalized spacial score (nSPS) is 17.4. The molecular formula is C25H36N2O5S2-2. The molecule has 2 fully saturated rings. The zero-order chi connectivity index (χ0) is 25.3. The molecule has 1 saturated carbocycles. The lowest BCUT2D eigenvalue weighted by Gasteiger charge is -2.35. The Morgan fingerprint density at radius 1 is 0.971 bits per heavy atom. The van der Waals surface area contributed by atoms with Gasteiger partial charge in [0.25, 0.3) is 5.91 Å². The number of nitrogens with zero attached hydrogens (tertiary/aromatic N) is 1. The second kappa shape index (κ2) is 13.1. The van der Waals surface area contributed by atoms with E-state index in [-0.39, 0.29) is 11.2 Å². The Kier molecular flexibility index (Phi) is 10.9. The lowest BCUT2D eigenvalue weighted by atomic mass is 9.93. The van der Waals surface area contributed by atoms with Crippen LogP contribution in [0.3, 0.4) is 0 Å². The number of rotatable bonds is 5. The van der Waals surface area contributed by atoms with Crippen molar-refractivity contribution in [3.8, 4) is 0 Å². The van der Waals surface area contributed by atoms with E-state index in [2.05, 4.69) is 24.1 Å². The number of piperidine rings is 1. The van der Waals surface area contributed by atoms with Crippen molar-refractivity contribution in [1.29, 1.82) is 0 Å². The molecule has 1 N–H and O–H groups in total. The molecule has 1 aliphatic heterocycles. The highest BCUT2D eigenvalue weighted by atomic mass is 32.2. The molecule has 2 atom stereocenters. The van der Waals surface area contributed by atoms with Crippen LogP contribution in [0.4, 0.5) is 11.4 Å². The average molecular weight is 509 g/mol. The number of carbonyl (C=O) groups excluding carboxylic acids is 1. The van der Waals surface area contributed by atoms with Gasteiger partial charge in [-0.05, 0) is 89.7 Å². The van der Waals surface area contributed by atoms with Crippen LogP contribution in [-0.2, 0) is 22.2 Å². The summed E-state index contributed by atoms with van der Waals surface area (Å²) in [6, 6.07) is 10.4. The Labute approximate surface area is 209 Å². The van der Waals surface area contributed by atoms with Crippen molar-refractivity contribution in [3.05, 3.63) is 48.0 Å². The summed E-state index contributed by atoms with van der Waals surface area (Å²) in [6.45, 7) is 9.81. The monoisotopic (exact) mass is 508 g/mol. The molecule has 9 heteroatoms. The van der Waals surface area contributed by atoms with Gasteiger partial charge in [0.05, 0.1) is 11.3 Å². The van der Waals surface area contributed by atoms with E-state index in [9.17, 15) is 22.3 Å². The van der Waals surface area contributed by atoms with Gasteiger partial charge in [-0.25, -0.2) is 0 Å². The first-order valence-corrected chi connectivity index (χ1v) is 13.9. The molecule has 0 bridgehead atoms. The topological polar surface area (TPSA) is 113 Å². The third-order valence-corrected chi connectivity index (χ3v) is 7.09. The maximum absolute atomic E-state index is 12.9. The summed E-state index contributed by atoms with van der Waals surface area (Å²) in [5.41, 5.74) is 1.75. The molecule has 2 aliphatic rings. The van der Waals surface area contributed by atoms with Gasteiger partial charge in [-0.15, -0.1) is 0 Å². The third kappa shape index (κ3) is 7.46. The van der Waals surface area contributed by atoms with Gasteiger partial charge in [0.2, 0.25) is 0 Å². The molecule has 0 aromatic heterocycles. The fourth-order valence-electron chi connectivity index (χ4n) is 3.84. The quantitative estimate of drug-likeness (QED) is 0.535. The SMILES string of the molecule is CC.CCC.O=C(Nc1cccc(S(=O)[O-])c1)c1ccc(S(=O)[O-])cc1N1CCC2(CC1)CC2.[HH]. The van der Waals surface area contributed by atoms with Crippen LogP contribution in [-0.4, -0.2) is 36.5 Å². The number of amides is 1. The molecule has 190 valence electrons. The average Bonchev–Trinajstić information content (AvgIpc) is 3.59. The molecule has 2 aromatic rings. The largest absolute Gasteiger partial charge is 0.768 e. The Balaban J connectivity index is 0.000000950. The maximum atomic E-state index is 12.9. The van der Waals surface area contributed by atoms with E-state index in [0.29, 0.717) is 22.4 Å². The Hall–Kier alpha value is -2.07. The molecule has 1 amide bonds. The molecule has 2 unspecified atom stereocenters. The Morgan fingerprint density at radius 3 is 2.06 bits per heavy atom. The summed E-state index contributed by atoms with van der Waals surface area (Å²) < 4.78 is 45.2. The summed E-state index contributed by atoms with van der Waals surface area (Å²) in [7, 11) is 0. The minimum atomic E-state index is -2.39. The van der Waals surface area contributed by atoms with Crippen LogP contribution in [0.2, 0.25) is 0 Å². The molecule has 1 spiro atoms. The van der Waals surface area contributed by atoms with E-state index in [1.807, 2.05) is 13.8 Å². The van der Waals surface area contributed by atoms with Gasteiger partial charge in [-0.3, -0.25) is 13.2 Å². The van der Waals surface area contributed by atoms with Crippen LogP contribution in [0.15, 0.2) is 52.3 Å². The van der Waals surface area contributed by atoms with Gasteiger partial charge in [0.1, 0.15) is 0 Å². The standard InChI is InChI=1S/C20H22N2O5S2.C3H8.C2H6.H2/c23-19(21-14-2-1-3-15(12-14)28(24)25)17-5-4-16(29(26)27)13-18(17)22-10-8-20(6-7-20)9-11-22;1-3-2;1-2;/h1-5,12-13H,6-11H2,(H,21,23)(H,24,25)(H,26,27);3H2,1-2H3;1-2H3;1H/p-2. The van der Waals surface area contributed by atoms with Crippen molar-refractivity contribution in [2.24, 2.45) is 5.41 Å². The number of nitrogens with one attached hydrogen (secondary N) is 1. The molecule has 1 aliphatic carbocycles. The highest BCUT2D eigenvalue weighted by Gasteiger charge is 2.44. The molecule has 2 aromatic carbocycles. The third-order valence-electron chi connectivity index (χ3n) is 5.81. The fourth-order valence-corrected chi connectivity index (χ4v) is 4.64. The van der Waals surface area contributed by atoms with Crippen molar-refractivity contribution in [1.82, 2.24) is 0 Å². The lowest BCUT2D eigenvalue weighted by molar-refractivity contribution is 0.102. The number of carbonyl (C=O) groups is 1. The number of hydrogen-bond donors (Lipinski definition) is 1. The number of benzene rings is 2. The Morgan fingerprint density at radius 2 is 1.53 bits per heavy atom. The van der Waals surface area contributed by atoms with Crippen LogP contribution >= 0.6 is 0 Å². The molecule has 4 rings (SSSR count). The first-order chi connectivity index (χ1) is 16.3. The van der Waals surface area contributed by atoms with Crippen LogP contribution in [0.25, 0.3) is 0 Å². The van der Waals surface area contributed by atoms with E-state index in [1.165, 1.54) is 49.6 Å². The van der Waals surface area contributed by atoms with Gasteiger partial charge in [0, 0.05) is 30.0 Å². The van der Waals surface area contributed by atoms with Crippen molar-refractivity contribution < 1.29 is 23.7 Å². The van der Waals surface area contributed by atoms with Gasteiger partial charge in [0.15, 0.2) is 0 Å². The minimum Gasteiger partial charge on any atom is -0.768 e. The molecule has 1 heterocycles. The fraction of sp³-hybridized carbons (Fsp3) is 0.480. The van der Waals surface area contributed by atoms with Crippen molar-refractivity contribution in [3.63, 3.8) is 0 Å². The lowest BCUT2D eigenvalue weighted by Crippen LogP contribution is -2.35. The van der Waals surface area contributed by atoms with Crippen molar-refractivity contribution in [2.45, 2.75) is 69.6 Å². The highest BCUT2D eigenvalue weighted by molar-refractivity contribution is 7.79. The summed E-state index contributed by atoms with van der Waals surface area (Å²) >= 11 is -4.79. The molecule has 1 saturated heterocycles. The van der Waals surface area contributed by atoms with Crippen LogP contribution < -0.4 is 10.2 Å². The first kappa shape index (κ1) is 28.2. The zero-order valence-electron chi connectivity index (χ0n) is 20.3. The van der Waals surface area contributed by atoms with Gasteiger partial charge in [-0.1, -0.05) is 40.2 Å². The summed E-state index contributed by atoms with van der Waals surface area (Å²) in [6.07, 6.45) is 5.82.